The van der Waals surface area contributed by atoms with Crippen LogP contribution < -0.4 is 5.32 Å². The van der Waals surface area contributed by atoms with Crippen LogP contribution in [0.3, 0.4) is 0 Å². The second-order valence-electron chi connectivity index (χ2n) is 3.72. The van der Waals surface area contributed by atoms with Crippen molar-refractivity contribution in [3.05, 3.63) is 35.6 Å². The fourth-order valence-corrected chi connectivity index (χ4v) is 1.70. The fraction of sp³-hybridized carbons (Fsp3) is 0.364. The standard InChI is InChI=1S/C11H13FN2O/c12-10-3-1-9(2-4-10)8-14-6-5-13-7-11(14)15/h1-4,13H,5-8H2/p+1. The molecule has 1 amide bonds. The van der Waals surface area contributed by atoms with Gasteiger partial charge in [0.25, 0.3) is 5.91 Å². The Bertz CT molecular complexity index is 350. The molecule has 3 nitrogen and oxygen atoms in total. The minimum Gasteiger partial charge on any atom is -0.337 e. The molecule has 0 radical (unpaired) electrons. The SMILES string of the molecule is O=C1C[NH2+]CCN1Cc1ccc(F)cc1. The first kappa shape index (κ1) is 10.1. The molecule has 0 aromatic heterocycles. The number of piperazine rings is 1. The monoisotopic (exact) mass is 209 g/mol. The molecule has 1 aliphatic heterocycles. The summed E-state index contributed by atoms with van der Waals surface area (Å²) in [5.41, 5.74) is 0.978. The largest absolute Gasteiger partial charge is 0.337 e. The molecule has 2 N–H and O–H groups in total. The number of rotatable bonds is 2. The zero-order valence-electron chi connectivity index (χ0n) is 8.45. The van der Waals surface area contributed by atoms with Gasteiger partial charge in [-0.25, -0.2) is 4.39 Å². The number of amides is 1. The molecule has 0 saturated carbocycles. The van der Waals surface area contributed by atoms with Crippen LogP contribution in [-0.2, 0) is 11.3 Å². The smallest absolute Gasteiger partial charge is 0.278 e. The van der Waals surface area contributed by atoms with Crippen LogP contribution in [0.5, 0.6) is 0 Å². The van der Waals surface area contributed by atoms with E-state index < -0.39 is 0 Å². The van der Waals surface area contributed by atoms with Gasteiger partial charge in [-0.05, 0) is 17.7 Å². The lowest BCUT2D eigenvalue weighted by Crippen LogP contribution is -2.90. The first-order valence-corrected chi connectivity index (χ1v) is 5.09. The van der Waals surface area contributed by atoms with E-state index in [-0.39, 0.29) is 11.7 Å². The molecule has 1 saturated heterocycles. The van der Waals surface area contributed by atoms with Crippen molar-refractivity contribution in [2.24, 2.45) is 0 Å². The second kappa shape index (κ2) is 4.40. The van der Waals surface area contributed by atoms with Crippen molar-refractivity contribution >= 4 is 5.91 Å². The Morgan fingerprint density at radius 1 is 1.33 bits per heavy atom. The van der Waals surface area contributed by atoms with Gasteiger partial charge in [0.15, 0.2) is 6.54 Å². The van der Waals surface area contributed by atoms with Gasteiger partial charge in [0.05, 0.1) is 13.1 Å². The minimum atomic E-state index is -0.239. The fourth-order valence-electron chi connectivity index (χ4n) is 1.70. The molecule has 2 rings (SSSR count). The zero-order chi connectivity index (χ0) is 10.7. The summed E-state index contributed by atoms with van der Waals surface area (Å²) >= 11 is 0. The Labute approximate surface area is 87.9 Å². The Morgan fingerprint density at radius 2 is 2.07 bits per heavy atom. The third-order valence-corrected chi connectivity index (χ3v) is 2.56. The van der Waals surface area contributed by atoms with E-state index in [1.807, 2.05) is 10.2 Å². The Kier molecular flexibility index (Phi) is 2.97. The van der Waals surface area contributed by atoms with Crippen LogP contribution in [0.4, 0.5) is 4.39 Å². The van der Waals surface area contributed by atoms with Crippen molar-refractivity contribution in [1.29, 1.82) is 0 Å². The molecule has 0 bridgehead atoms. The first-order valence-electron chi connectivity index (χ1n) is 5.09. The number of halogens is 1. The molecular weight excluding hydrogens is 195 g/mol. The molecule has 0 atom stereocenters. The van der Waals surface area contributed by atoms with Gasteiger partial charge in [-0.15, -0.1) is 0 Å². The zero-order valence-corrected chi connectivity index (χ0v) is 8.45. The number of carbonyl (C=O) groups excluding carboxylic acids is 1. The molecule has 80 valence electrons. The average molecular weight is 209 g/mol. The molecule has 1 aromatic carbocycles. The molecule has 0 spiro atoms. The highest BCUT2D eigenvalue weighted by Gasteiger charge is 2.20. The number of hydrogen-bond donors (Lipinski definition) is 1. The number of nitrogens with two attached hydrogens (primary N) is 1. The van der Waals surface area contributed by atoms with Gasteiger partial charge in [0.1, 0.15) is 5.82 Å². The van der Waals surface area contributed by atoms with Gasteiger partial charge >= 0.3 is 0 Å². The van der Waals surface area contributed by atoms with E-state index in [1.54, 1.807) is 12.1 Å². The van der Waals surface area contributed by atoms with Crippen molar-refractivity contribution in [2.75, 3.05) is 19.6 Å². The van der Waals surface area contributed by atoms with Crippen molar-refractivity contribution in [2.45, 2.75) is 6.54 Å². The second-order valence-corrected chi connectivity index (χ2v) is 3.72. The highest BCUT2D eigenvalue weighted by Crippen LogP contribution is 2.06. The highest BCUT2D eigenvalue weighted by molar-refractivity contribution is 5.77. The molecule has 4 heteroatoms. The first-order chi connectivity index (χ1) is 7.25. The van der Waals surface area contributed by atoms with Gasteiger partial charge in [-0.3, -0.25) is 4.79 Å². The van der Waals surface area contributed by atoms with Gasteiger partial charge in [-0.1, -0.05) is 12.1 Å². The lowest BCUT2D eigenvalue weighted by atomic mass is 10.2. The topological polar surface area (TPSA) is 36.9 Å². The van der Waals surface area contributed by atoms with E-state index in [9.17, 15) is 9.18 Å². The lowest BCUT2D eigenvalue weighted by molar-refractivity contribution is -0.650. The molecule has 1 aliphatic rings. The van der Waals surface area contributed by atoms with E-state index in [0.717, 1.165) is 18.7 Å². The molecule has 1 fully saturated rings. The van der Waals surface area contributed by atoms with Crippen molar-refractivity contribution in [1.82, 2.24) is 4.90 Å². The number of carbonyl (C=O) groups is 1. The summed E-state index contributed by atoms with van der Waals surface area (Å²) in [6, 6.07) is 6.30. The third kappa shape index (κ3) is 2.53. The van der Waals surface area contributed by atoms with Crippen LogP contribution >= 0.6 is 0 Å². The summed E-state index contributed by atoms with van der Waals surface area (Å²) in [6.07, 6.45) is 0. The summed E-state index contributed by atoms with van der Waals surface area (Å²) in [5, 5.41) is 2.00. The predicted octanol–water partition coefficient (Wildman–Crippen LogP) is -0.269. The molecule has 0 aliphatic carbocycles. The predicted molar refractivity (Wildman–Crippen MR) is 53.5 cm³/mol. The number of benzene rings is 1. The lowest BCUT2D eigenvalue weighted by Gasteiger charge is -2.25. The van der Waals surface area contributed by atoms with Crippen LogP contribution in [0.1, 0.15) is 5.56 Å². The number of hydrogen-bond acceptors (Lipinski definition) is 1. The quantitative estimate of drug-likeness (QED) is 0.715. The maximum absolute atomic E-state index is 12.7. The maximum atomic E-state index is 12.7. The van der Waals surface area contributed by atoms with Crippen LogP contribution in [-0.4, -0.2) is 30.4 Å². The van der Waals surface area contributed by atoms with Crippen LogP contribution in [0, 0.1) is 5.82 Å². The van der Waals surface area contributed by atoms with Crippen molar-refractivity contribution in [3.8, 4) is 0 Å². The Morgan fingerprint density at radius 3 is 2.73 bits per heavy atom. The summed E-state index contributed by atoms with van der Waals surface area (Å²) in [6.45, 7) is 2.84. The van der Waals surface area contributed by atoms with Gasteiger partial charge in [0.2, 0.25) is 0 Å². The number of quaternary nitrogens is 1. The summed E-state index contributed by atoms with van der Waals surface area (Å²) in [4.78, 5) is 13.3. The number of nitrogens with zero attached hydrogens (tertiary/aromatic N) is 1. The normalized spacial score (nSPS) is 16.9. The Balaban J connectivity index is 2.01. The summed E-state index contributed by atoms with van der Waals surface area (Å²) in [7, 11) is 0. The van der Waals surface area contributed by atoms with E-state index in [4.69, 9.17) is 0 Å². The minimum absolute atomic E-state index is 0.158. The third-order valence-electron chi connectivity index (χ3n) is 2.56. The maximum Gasteiger partial charge on any atom is 0.278 e. The van der Waals surface area contributed by atoms with Crippen molar-refractivity contribution < 1.29 is 14.5 Å². The van der Waals surface area contributed by atoms with E-state index in [2.05, 4.69) is 0 Å². The van der Waals surface area contributed by atoms with E-state index in [1.165, 1.54) is 12.1 Å². The summed E-state index contributed by atoms with van der Waals surface area (Å²) < 4.78 is 12.7. The van der Waals surface area contributed by atoms with Gasteiger partial charge in [-0.2, -0.15) is 0 Å². The van der Waals surface area contributed by atoms with Gasteiger partial charge < -0.3 is 10.2 Å². The Hall–Kier alpha value is -1.42. The molecule has 1 heterocycles. The van der Waals surface area contributed by atoms with Crippen LogP contribution in [0.25, 0.3) is 0 Å². The summed E-state index contributed by atoms with van der Waals surface area (Å²) in [5.74, 6) is -0.0809. The van der Waals surface area contributed by atoms with Crippen LogP contribution in [0.2, 0.25) is 0 Å². The van der Waals surface area contributed by atoms with Crippen LogP contribution in [0.15, 0.2) is 24.3 Å². The highest BCUT2D eigenvalue weighted by atomic mass is 19.1. The molecule has 15 heavy (non-hydrogen) atoms. The van der Waals surface area contributed by atoms with Crippen molar-refractivity contribution in [3.63, 3.8) is 0 Å². The average Bonchev–Trinajstić information content (AvgIpc) is 2.25. The molecule has 1 aromatic rings. The molecular formula is C11H14FN2O+. The van der Waals surface area contributed by atoms with Gasteiger partial charge in [0, 0.05) is 6.54 Å². The van der Waals surface area contributed by atoms with E-state index in [0.29, 0.717) is 13.1 Å². The molecule has 0 unspecified atom stereocenters. The van der Waals surface area contributed by atoms with E-state index >= 15 is 0 Å².